The Balaban J connectivity index is 1.72. The topological polar surface area (TPSA) is 132 Å². The number of nitrogens with zero attached hydrogens (tertiary/aromatic N) is 2. The number of likely N-dealkylation sites (tertiary alicyclic amines) is 1. The third kappa shape index (κ3) is 6.18. The predicted molar refractivity (Wildman–Crippen MR) is 134 cm³/mol. The van der Waals surface area contributed by atoms with Crippen LogP contribution >= 0.6 is 11.3 Å². The molecule has 1 aliphatic heterocycles. The number of thiazole rings is 1. The summed E-state index contributed by atoms with van der Waals surface area (Å²) in [6.07, 6.45) is -1.23. The highest BCUT2D eigenvalue weighted by Gasteiger charge is 2.44. The van der Waals surface area contributed by atoms with E-state index in [0.717, 1.165) is 28.1 Å². The Bertz CT molecular complexity index is 1060. The first-order valence-electron chi connectivity index (χ1n) is 11.7. The molecule has 2 heterocycles. The van der Waals surface area contributed by atoms with Gasteiger partial charge in [-0.2, -0.15) is 0 Å². The number of nitrogens with one attached hydrogen (secondary N) is 2. The molecule has 9 nitrogen and oxygen atoms in total. The molecule has 4 atom stereocenters. The van der Waals surface area contributed by atoms with Crippen LogP contribution in [0.3, 0.4) is 0 Å². The van der Waals surface area contributed by atoms with Crippen LogP contribution in [0, 0.1) is 5.41 Å². The van der Waals surface area contributed by atoms with Gasteiger partial charge in [-0.15, -0.1) is 11.3 Å². The summed E-state index contributed by atoms with van der Waals surface area (Å²) in [5.41, 5.74) is 4.15. The van der Waals surface area contributed by atoms with Crippen LogP contribution in [0.1, 0.15) is 58.3 Å². The van der Waals surface area contributed by atoms with Crippen molar-refractivity contribution in [3.8, 4) is 10.4 Å². The molecule has 190 valence electrons. The third-order valence-corrected chi connectivity index (χ3v) is 7.17. The summed E-state index contributed by atoms with van der Waals surface area (Å²) in [5, 5.41) is 24.7. The second kappa shape index (κ2) is 10.7. The Kier molecular flexibility index (Phi) is 8.17. The first kappa shape index (κ1) is 26.6. The highest BCUT2D eigenvalue weighted by atomic mass is 32.1. The summed E-state index contributed by atoms with van der Waals surface area (Å²) >= 11 is 1.60. The second-order valence-corrected chi connectivity index (χ2v) is 10.8. The predicted octanol–water partition coefficient (Wildman–Crippen LogP) is 3.19. The smallest absolute Gasteiger partial charge is 0.405 e. The average Bonchev–Trinajstić information content (AvgIpc) is 3.42. The van der Waals surface area contributed by atoms with E-state index in [0.29, 0.717) is 0 Å². The molecule has 1 aromatic carbocycles. The molecule has 0 spiro atoms. The minimum atomic E-state index is -1.32. The molecule has 0 radical (unpaired) electrons. The van der Waals surface area contributed by atoms with Crippen molar-refractivity contribution in [1.82, 2.24) is 20.5 Å². The number of aromatic nitrogens is 1. The Hall–Kier alpha value is -2.98. The number of amides is 3. The molecule has 0 aliphatic carbocycles. The van der Waals surface area contributed by atoms with E-state index >= 15 is 0 Å². The largest absolute Gasteiger partial charge is 0.465 e. The first-order valence-corrected chi connectivity index (χ1v) is 12.6. The molecule has 35 heavy (non-hydrogen) atoms. The molecular weight excluding hydrogens is 468 g/mol. The quantitative estimate of drug-likeness (QED) is 0.460. The summed E-state index contributed by atoms with van der Waals surface area (Å²) in [4.78, 5) is 44.5. The van der Waals surface area contributed by atoms with Crippen molar-refractivity contribution < 1.29 is 24.6 Å². The van der Waals surface area contributed by atoms with Crippen molar-refractivity contribution in [3.63, 3.8) is 0 Å². The second-order valence-electron chi connectivity index (χ2n) is 9.98. The van der Waals surface area contributed by atoms with E-state index in [2.05, 4.69) is 22.5 Å². The molecule has 0 saturated carbocycles. The van der Waals surface area contributed by atoms with Gasteiger partial charge < -0.3 is 25.7 Å². The Labute approximate surface area is 209 Å². The fraction of sp³-hybridized carbons (Fsp3) is 0.520. The minimum Gasteiger partial charge on any atom is -0.465 e. The van der Waals surface area contributed by atoms with Gasteiger partial charge in [-0.3, -0.25) is 9.59 Å². The van der Waals surface area contributed by atoms with Crippen LogP contribution in [0.5, 0.6) is 0 Å². The molecule has 1 aliphatic rings. The Morgan fingerprint density at radius 3 is 2.43 bits per heavy atom. The number of aryl methyl sites for hydroxylation is 1. The monoisotopic (exact) mass is 502 g/mol. The zero-order valence-electron chi connectivity index (χ0n) is 20.7. The molecular formula is C25H34N4O5S. The fourth-order valence-electron chi connectivity index (χ4n) is 4.32. The van der Waals surface area contributed by atoms with E-state index in [1.54, 1.807) is 32.1 Å². The van der Waals surface area contributed by atoms with Gasteiger partial charge in [0.1, 0.15) is 12.1 Å². The molecule has 10 heteroatoms. The molecule has 3 rings (SSSR count). The third-order valence-electron chi connectivity index (χ3n) is 6.25. The number of aliphatic hydroxyl groups excluding tert-OH is 1. The molecule has 2 unspecified atom stereocenters. The molecule has 2 aromatic rings. The van der Waals surface area contributed by atoms with Gasteiger partial charge in [-0.05, 0) is 29.9 Å². The van der Waals surface area contributed by atoms with Gasteiger partial charge in [0, 0.05) is 13.0 Å². The summed E-state index contributed by atoms with van der Waals surface area (Å²) in [6, 6.07) is 5.66. The zero-order valence-corrected chi connectivity index (χ0v) is 21.6. The maximum atomic E-state index is 13.3. The normalized spacial score (nSPS) is 19.8. The highest BCUT2D eigenvalue weighted by Crippen LogP contribution is 2.30. The van der Waals surface area contributed by atoms with Gasteiger partial charge in [0.25, 0.3) is 0 Å². The fourth-order valence-corrected chi connectivity index (χ4v) is 5.21. The lowest BCUT2D eigenvalue weighted by Gasteiger charge is -2.34. The standard InChI is InChI=1S/C25H34N4O5S/c1-6-18-20(35-13-26-18)16-9-7-15(8-10-16)14(2)27-22(31)19-11-17(30)12-29(19)23(32)21(25(3,4)5)28-24(33)34/h7-10,13-14,17,19,21,28,30H,6,11-12H2,1-5H3,(H,27,31)(H,33,34)/t14?,17-,19+,21?/m1/s1. The number of benzene rings is 1. The van der Waals surface area contributed by atoms with Crippen molar-refractivity contribution in [2.24, 2.45) is 5.41 Å². The summed E-state index contributed by atoms with van der Waals surface area (Å²) in [6.45, 7) is 9.14. The summed E-state index contributed by atoms with van der Waals surface area (Å²) in [5.74, 6) is -0.907. The lowest BCUT2D eigenvalue weighted by Crippen LogP contribution is -2.57. The van der Waals surface area contributed by atoms with E-state index in [1.165, 1.54) is 4.90 Å². The maximum Gasteiger partial charge on any atom is 0.405 e. The molecule has 3 amide bonds. The summed E-state index contributed by atoms with van der Waals surface area (Å²) < 4.78 is 0. The van der Waals surface area contributed by atoms with Crippen molar-refractivity contribution in [3.05, 3.63) is 41.0 Å². The zero-order chi connectivity index (χ0) is 25.9. The number of hydrogen-bond donors (Lipinski definition) is 4. The summed E-state index contributed by atoms with van der Waals surface area (Å²) in [7, 11) is 0. The first-order chi connectivity index (χ1) is 16.4. The molecule has 0 bridgehead atoms. The Morgan fingerprint density at radius 1 is 1.20 bits per heavy atom. The van der Waals surface area contributed by atoms with Gasteiger partial charge in [-0.1, -0.05) is 52.0 Å². The number of carboxylic acid groups (broad SMARTS) is 1. The number of carbonyl (C=O) groups excluding carboxylic acids is 2. The van der Waals surface area contributed by atoms with E-state index < -0.39 is 35.6 Å². The molecule has 1 fully saturated rings. The lowest BCUT2D eigenvalue weighted by molar-refractivity contribution is -0.142. The maximum absolute atomic E-state index is 13.3. The molecule has 1 saturated heterocycles. The number of carbonyl (C=O) groups is 3. The van der Waals surface area contributed by atoms with Crippen LogP contribution in [0.2, 0.25) is 0 Å². The van der Waals surface area contributed by atoms with E-state index in [-0.39, 0.29) is 24.9 Å². The van der Waals surface area contributed by atoms with Gasteiger partial charge in [0.2, 0.25) is 11.8 Å². The number of aliphatic hydroxyl groups is 1. The highest BCUT2D eigenvalue weighted by molar-refractivity contribution is 7.13. The SMILES string of the molecule is CCc1ncsc1-c1ccc(C(C)NC(=O)[C@@H]2C[C@@H](O)CN2C(=O)C(NC(=O)O)C(C)(C)C)cc1. The molecule has 1 aromatic heterocycles. The number of rotatable bonds is 7. The van der Waals surface area contributed by atoms with Crippen LogP contribution in [-0.2, 0) is 16.0 Å². The van der Waals surface area contributed by atoms with Gasteiger partial charge in [0.15, 0.2) is 0 Å². The average molecular weight is 503 g/mol. The minimum absolute atomic E-state index is 0.0253. The van der Waals surface area contributed by atoms with Gasteiger partial charge in [-0.25, -0.2) is 9.78 Å². The van der Waals surface area contributed by atoms with E-state index in [1.807, 2.05) is 36.7 Å². The van der Waals surface area contributed by atoms with Crippen LogP contribution in [0.25, 0.3) is 10.4 Å². The molecule has 4 N–H and O–H groups in total. The van der Waals surface area contributed by atoms with Crippen molar-refractivity contribution in [2.45, 2.75) is 71.7 Å². The Morgan fingerprint density at radius 2 is 1.86 bits per heavy atom. The van der Waals surface area contributed by atoms with Gasteiger partial charge >= 0.3 is 6.09 Å². The van der Waals surface area contributed by atoms with Crippen molar-refractivity contribution in [1.29, 1.82) is 0 Å². The number of β-amino-alcohol motifs (C(OH)–C–C–N with tert-alkyl or cyclic N) is 1. The number of hydrogen-bond acceptors (Lipinski definition) is 6. The van der Waals surface area contributed by atoms with Crippen molar-refractivity contribution in [2.75, 3.05) is 6.54 Å². The van der Waals surface area contributed by atoms with Crippen LogP contribution in [-0.4, -0.2) is 62.7 Å². The van der Waals surface area contributed by atoms with Crippen LogP contribution in [0.4, 0.5) is 4.79 Å². The van der Waals surface area contributed by atoms with Crippen LogP contribution in [0.15, 0.2) is 29.8 Å². The van der Waals surface area contributed by atoms with Crippen molar-refractivity contribution >= 4 is 29.2 Å². The lowest BCUT2D eigenvalue weighted by atomic mass is 9.85. The van der Waals surface area contributed by atoms with E-state index in [4.69, 9.17) is 0 Å². The van der Waals surface area contributed by atoms with Gasteiger partial charge in [0.05, 0.1) is 28.2 Å². The van der Waals surface area contributed by atoms with Crippen LogP contribution < -0.4 is 10.6 Å². The van der Waals surface area contributed by atoms with E-state index in [9.17, 15) is 24.6 Å².